The smallest absolute Gasteiger partial charge is 0.317 e. The molecule has 0 fully saturated rings. The summed E-state index contributed by atoms with van der Waals surface area (Å²) in [4.78, 5) is 44.5. The lowest BCUT2D eigenvalue weighted by Gasteiger charge is -2.18. The number of benzene rings is 1. The highest BCUT2D eigenvalue weighted by Crippen LogP contribution is 2.07. The fourth-order valence-corrected chi connectivity index (χ4v) is 2.61. The second-order valence-electron chi connectivity index (χ2n) is 5.78. The van der Waals surface area contributed by atoms with Crippen molar-refractivity contribution in [3.63, 3.8) is 0 Å². The summed E-state index contributed by atoms with van der Waals surface area (Å²) in [6, 6.07) is 10.7. The van der Waals surface area contributed by atoms with E-state index in [-0.39, 0.29) is 12.5 Å². The van der Waals surface area contributed by atoms with Gasteiger partial charge in [-0.1, -0.05) is 12.1 Å². The summed E-state index contributed by atoms with van der Waals surface area (Å²) in [7, 11) is 1.68. The van der Waals surface area contributed by atoms with Gasteiger partial charge >= 0.3 is 11.1 Å². The van der Waals surface area contributed by atoms with Gasteiger partial charge in [0.2, 0.25) is 5.91 Å². The number of hydrogen-bond acceptors (Lipinski definition) is 4. The molecule has 0 spiro atoms. The average molecular weight is 338 g/mol. The Morgan fingerprint density at radius 2 is 1.88 bits per heavy atom. The number of H-pyrrole nitrogens is 1. The van der Waals surface area contributed by atoms with E-state index < -0.39 is 11.1 Å². The molecule has 25 heavy (non-hydrogen) atoms. The van der Waals surface area contributed by atoms with Crippen molar-refractivity contribution in [1.29, 1.82) is 0 Å². The van der Waals surface area contributed by atoms with Crippen LogP contribution in [0.15, 0.2) is 58.4 Å². The van der Waals surface area contributed by atoms with E-state index in [0.29, 0.717) is 24.0 Å². The van der Waals surface area contributed by atoms with E-state index in [1.807, 2.05) is 12.1 Å². The molecule has 0 bridgehead atoms. The number of aromatic nitrogens is 3. The van der Waals surface area contributed by atoms with Gasteiger partial charge in [-0.2, -0.15) is 0 Å². The summed E-state index contributed by atoms with van der Waals surface area (Å²) in [5.74, 6) is -0.230. The second kappa shape index (κ2) is 7.12. The number of fused-ring (bicyclic) bond motifs is 1. The number of nitrogens with zero attached hydrogens (tertiary/aromatic N) is 3. The number of carbonyl (C=O) groups excluding carboxylic acids is 1. The predicted molar refractivity (Wildman–Crippen MR) is 94.4 cm³/mol. The molecular formula is C18H18N4O3. The first-order valence-electron chi connectivity index (χ1n) is 7.91. The number of hydrogen-bond donors (Lipinski definition) is 1. The maximum atomic E-state index is 12.5. The van der Waals surface area contributed by atoms with E-state index >= 15 is 0 Å². The molecule has 3 aromatic rings. The highest BCUT2D eigenvalue weighted by atomic mass is 16.2. The lowest BCUT2D eigenvalue weighted by molar-refractivity contribution is -0.130. The molecule has 1 aromatic carbocycles. The average Bonchev–Trinajstić information content (AvgIpc) is 2.64. The zero-order valence-corrected chi connectivity index (χ0v) is 13.8. The van der Waals surface area contributed by atoms with Crippen LogP contribution >= 0.6 is 0 Å². The molecule has 7 heteroatoms. The van der Waals surface area contributed by atoms with E-state index in [1.165, 1.54) is 4.57 Å². The van der Waals surface area contributed by atoms with E-state index in [4.69, 9.17) is 0 Å². The molecule has 0 unspecified atom stereocenters. The second-order valence-corrected chi connectivity index (χ2v) is 5.78. The number of carbonyl (C=O) groups is 1. The number of pyridine rings is 1. The fourth-order valence-electron chi connectivity index (χ4n) is 2.61. The molecule has 0 aliphatic heterocycles. The third-order valence-electron chi connectivity index (χ3n) is 4.09. The number of likely N-dealkylation sites (N-methyl/N-ethyl adjacent to an activating group) is 1. The highest BCUT2D eigenvalue weighted by molar-refractivity contribution is 5.79. The maximum absolute atomic E-state index is 12.5. The van der Waals surface area contributed by atoms with E-state index in [9.17, 15) is 14.4 Å². The lowest BCUT2D eigenvalue weighted by atomic mass is 10.2. The standard InChI is InChI=1S/C18H18N4O3/c1-21(11-8-13-6-9-19-10-7-13)16(23)12-22-15-5-3-2-4-14(15)20-17(24)18(22)25/h2-7,9-10H,8,11-12H2,1H3,(H,20,24). The Balaban J connectivity index is 1.79. The van der Waals surface area contributed by atoms with Crippen LogP contribution < -0.4 is 11.1 Å². The van der Waals surface area contributed by atoms with Gasteiger partial charge in [-0.25, -0.2) is 0 Å². The Bertz CT molecular complexity index is 1010. The molecule has 0 aliphatic carbocycles. The normalized spacial score (nSPS) is 10.8. The van der Waals surface area contributed by atoms with Crippen LogP contribution in [0.5, 0.6) is 0 Å². The van der Waals surface area contributed by atoms with Gasteiger partial charge in [0.15, 0.2) is 0 Å². The summed E-state index contributed by atoms with van der Waals surface area (Å²) < 4.78 is 1.22. The summed E-state index contributed by atoms with van der Waals surface area (Å²) in [6.07, 6.45) is 4.11. The van der Waals surface area contributed by atoms with Crippen molar-refractivity contribution in [1.82, 2.24) is 19.4 Å². The minimum Gasteiger partial charge on any atom is -0.344 e. The van der Waals surface area contributed by atoms with Crippen molar-refractivity contribution in [2.75, 3.05) is 13.6 Å². The summed E-state index contributed by atoms with van der Waals surface area (Å²) in [6.45, 7) is 0.342. The zero-order valence-electron chi connectivity index (χ0n) is 13.8. The largest absolute Gasteiger partial charge is 0.344 e. The van der Waals surface area contributed by atoms with Crippen molar-refractivity contribution >= 4 is 16.9 Å². The van der Waals surface area contributed by atoms with Crippen molar-refractivity contribution in [3.8, 4) is 0 Å². The van der Waals surface area contributed by atoms with Gasteiger partial charge in [0.1, 0.15) is 6.54 Å². The Labute approximate surface area is 143 Å². The first-order valence-corrected chi connectivity index (χ1v) is 7.91. The Morgan fingerprint density at radius 3 is 2.64 bits per heavy atom. The molecule has 128 valence electrons. The topological polar surface area (TPSA) is 88.1 Å². The van der Waals surface area contributed by atoms with Crippen LogP contribution in [0, 0.1) is 0 Å². The van der Waals surface area contributed by atoms with Crippen molar-refractivity contribution in [2.45, 2.75) is 13.0 Å². The van der Waals surface area contributed by atoms with Crippen LogP contribution in [0.4, 0.5) is 0 Å². The minimum absolute atomic E-state index is 0.171. The highest BCUT2D eigenvalue weighted by Gasteiger charge is 2.14. The quantitative estimate of drug-likeness (QED) is 0.697. The minimum atomic E-state index is -0.731. The van der Waals surface area contributed by atoms with Crippen LogP contribution in [-0.4, -0.2) is 38.9 Å². The van der Waals surface area contributed by atoms with Gasteiger partial charge in [0.25, 0.3) is 0 Å². The molecule has 0 radical (unpaired) electrons. The summed E-state index contributed by atoms with van der Waals surface area (Å²) >= 11 is 0. The zero-order chi connectivity index (χ0) is 17.8. The van der Waals surface area contributed by atoms with Crippen LogP contribution in [-0.2, 0) is 17.8 Å². The first-order chi connectivity index (χ1) is 12.1. The lowest BCUT2D eigenvalue weighted by Crippen LogP contribution is -2.41. The van der Waals surface area contributed by atoms with Gasteiger partial charge in [0, 0.05) is 26.0 Å². The molecule has 2 aromatic heterocycles. The molecular weight excluding hydrogens is 320 g/mol. The first kappa shape index (κ1) is 16.6. The Hall–Kier alpha value is -3.22. The van der Waals surface area contributed by atoms with Gasteiger partial charge in [-0.05, 0) is 36.2 Å². The SMILES string of the molecule is CN(CCc1ccncc1)C(=O)Cn1c(=O)c(=O)[nH]c2ccccc21. The third-order valence-corrected chi connectivity index (χ3v) is 4.09. The molecule has 0 saturated carbocycles. The monoisotopic (exact) mass is 338 g/mol. The molecule has 0 atom stereocenters. The summed E-state index contributed by atoms with van der Waals surface area (Å²) in [5.41, 5.74) is 0.677. The molecule has 2 heterocycles. The van der Waals surface area contributed by atoms with Gasteiger partial charge < -0.3 is 9.88 Å². The number of nitrogens with one attached hydrogen (secondary N) is 1. The van der Waals surface area contributed by atoms with E-state index in [2.05, 4.69) is 9.97 Å². The number of para-hydroxylation sites is 2. The van der Waals surface area contributed by atoms with Crippen molar-refractivity contribution < 1.29 is 4.79 Å². The van der Waals surface area contributed by atoms with Crippen LogP contribution in [0.25, 0.3) is 11.0 Å². The predicted octanol–water partition coefficient (Wildman–Crippen LogP) is 0.786. The van der Waals surface area contributed by atoms with E-state index in [1.54, 1.807) is 48.6 Å². The fraction of sp³-hybridized carbons (Fsp3) is 0.222. The third kappa shape index (κ3) is 3.65. The van der Waals surface area contributed by atoms with Crippen LogP contribution in [0.1, 0.15) is 5.56 Å². The van der Waals surface area contributed by atoms with E-state index in [0.717, 1.165) is 5.56 Å². The summed E-state index contributed by atoms with van der Waals surface area (Å²) in [5, 5.41) is 0. The van der Waals surface area contributed by atoms with Gasteiger partial charge in [-0.15, -0.1) is 0 Å². The number of rotatable bonds is 5. The molecule has 1 N–H and O–H groups in total. The van der Waals surface area contributed by atoms with Crippen molar-refractivity contribution in [2.24, 2.45) is 0 Å². The molecule has 7 nitrogen and oxygen atoms in total. The molecule has 1 amide bonds. The molecule has 3 rings (SSSR count). The maximum Gasteiger partial charge on any atom is 0.317 e. The number of amides is 1. The van der Waals surface area contributed by atoms with Crippen molar-refractivity contribution in [3.05, 3.63) is 75.1 Å². The van der Waals surface area contributed by atoms with Crippen LogP contribution in [0.3, 0.4) is 0 Å². The molecule has 0 saturated heterocycles. The van der Waals surface area contributed by atoms with Gasteiger partial charge in [0.05, 0.1) is 11.0 Å². The van der Waals surface area contributed by atoms with Gasteiger partial charge in [-0.3, -0.25) is 23.9 Å². The molecule has 0 aliphatic rings. The Morgan fingerprint density at radius 1 is 1.16 bits per heavy atom. The number of aromatic amines is 1. The van der Waals surface area contributed by atoms with Crippen LogP contribution in [0.2, 0.25) is 0 Å². The Kier molecular flexibility index (Phi) is 4.74.